The fourth-order valence-electron chi connectivity index (χ4n) is 1.87. The average molecular weight is 297 g/mol. The van der Waals surface area contributed by atoms with E-state index < -0.39 is 10.0 Å². The molecule has 0 radical (unpaired) electrons. The normalized spacial score (nSPS) is 11.8. The molecule has 0 spiro atoms. The Hall–Kier alpha value is -1.62. The third-order valence-corrected chi connectivity index (χ3v) is 4.96. The minimum absolute atomic E-state index is 0.0275. The number of nitrogens with two attached hydrogens (primary N) is 1. The quantitative estimate of drug-likeness (QED) is 0.759. The molecular formula is C13H19N3O3S. The molecule has 0 saturated heterocycles. The van der Waals surface area contributed by atoms with Crippen molar-refractivity contribution in [3.63, 3.8) is 0 Å². The second-order valence-electron chi connectivity index (χ2n) is 4.65. The second-order valence-corrected chi connectivity index (χ2v) is 6.51. The van der Waals surface area contributed by atoms with Gasteiger partial charge in [0.15, 0.2) is 0 Å². The Labute approximate surface area is 119 Å². The predicted molar refractivity (Wildman–Crippen MR) is 76.3 cm³/mol. The van der Waals surface area contributed by atoms with E-state index in [1.165, 1.54) is 22.5 Å². The van der Waals surface area contributed by atoms with Gasteiger partial charge in [0.1, 0.15) is 11.0 Å². The van der Waals surface area contributed by atoms with Crippen LogP contribution in [0.5, 0.6) is 0 Å². The van der Waals surface area contributed by atoms with Crippen LogP contribution < -0.4 is 5.73 Å². The largest absolute Gasteiger partial charge is 0.399 e. The molecule has 3 N–H and O–H groups in total. The number of nitriles is 1. The zero-order valence-corrected chi connectivity index (χ0v) is 12.4. The highest BCUT2D eigenvalue weighted by molar-refractivity contribution is 7.89. The molecule has 0 unspecified atom stereocenters. The summed E-state index contributed by atoms with van der Waals surface area (Å²) >= 11 is 0. The molecule has 0 fully saturated rings. The Bertz CT molecular complexity index is 606. The van der Waals surface area contributed by atoms with Crippen LogP contribution >= 0.6 is 0 Å². The standard InChI is InChI=1S/C13H19N3O3S/c1-10(2)16(6-3-7-17)20(18,19)13-5-4-12(15)8-11(13)9-14/h4-5,8,10,17H,3,6-7,15H2,1-2H3. The number of aliphatic hydroxyl groups excluding tert-OH is 1. The van der Waals surface area contributed by atoms with Crippen molar-refractivity contribution in [2.45, 2.75) is 31.2 Å². The highest BCUT2D eigenvalue weighted by atomic mass is 32.2. The fourth-order valence-corrected chi connectivity index (χ4v) is 3.67. The van der Waals surface area contributed by atoms with Crippen LogP contribution in [-0.4, -0.2) is 37.0 Å². The van der Waals surface area contributed by atoms with Crippen LogP contribution in [0.15, 0.2) is 23.1 Å². The monoisotopic (exact) mass is 297 g/mol. The van der Waals surface area contributed by atoms with Gasteiger partial charge in [0.05, 0.1) is 5.56 Å². The van der Waals surface area contributed by atoms with Crippen LogP contribution in [-0.2, 0) is 10.0 Å². The van der Waals surface area contributed by atoms with E-state index in [0.717, 1.165) is 0 Å². The first kappa shape index (κ1) is 16.4. The van der Waals surface area contributed by atoms with Gasteiger partial charge in [0.2, 0.25) is 10.0 Å². The zero-order valence-electron chi connectivity index (χ0n) is 11.6. The first-order chi connectivity index (χ1) is 9.34. The Morgan fingerprint density at radius 1 is 1.45 bits per heavy atom. The van der Waals surface area contributed by atoms with Gasteiger partial charge in [-0.2, -0.15) is 9.57 Å². The first-order valence-electron chi connectivity index (χ1n) is 6.27. The van der Waals surface area contributed by atoms with Gasteiger partial charge in [0.25, 0.3) is 0 Å². The average Bonchev–Trinajstić information content (AvgIpc) is 2.37. The lowest BCUT2D eigenvalue weighted by Gasteiger charge is -2.26. The number of anilines is 1. The van der Waals surface area contributed by atoms with E-state index in [0.29, 0.717) is 12.1 Å². The van der Waals surface area contributed by atoms with Crippen LogP contribution in [0, 0.1) is 11.3 Å². The van der Waals surface area contributed by atoms with Gasteiger partial charge in [-0.05, 0) is 38.5 Å². The highest BCUT2D eigenvalue weighted by Gasteiger charge is 2.28. The van der Waals surface area contributed by atoms with Gasteiger partial charge in [-0.25, -0.2) is 8.42 Å². The molecule has 1 rings (SSSR count). The number of sulfonamides is 1. The molecule has 0 atom stereocenters. The summed E-state index contributed by atoms with van der Waals surface area (Å²) in [5.41, 5.74) is 5.94. The van der Waals surface area contributed by atoms with Crippen LogP contribution in [0.1, 0.15) is 25.8 Å². The Kier molecular flexibility index (Phi) is 5.51. The summed E-state index contributed by atoms with van der Waals surface area (Å²) in [6.45, 7) is 3.61. The topological polar surface area (TPSA) is 107 Å². The smallest absolute Gasteiger partial charge is 0.244 e. The van der Waals surface area contributed by atoms with E-state index in [1.807, 2.05) is 6.07 Å². The number of rotatable bonds is 6. The van der Waals surface area contributed by atoms with Gasteiger partial charge in [-0.15, -0.1) is 0 Å². The van der Waals surface area contributed by atoms with Crippen molar-refractivity contribution in [1.82, 2.24) is 4.31 Å². The Balaban J connectivity index is 3.30. The molecule has 0 heterocycles. The molecule has 0 bridgehead atoms. The summed E-state index contributed by atoms with van der Waals surface area (Å²) in [6, 6.07) is 5.74. The molecule has 0 aliphatic heterocycles. The number of nitrogen functional groups attached to an aromatic ring is 1. The van der Waals surface area contributed by atoms with Crippen molar-refractivity contribution < 1.29 is 13.5 Å². The maximum Gasteiger partial charge on any atom is 0.244 e. The van der Waals surface area contributed by atoms with E-state index in [9.17, 15) is 8.42 Å². The van der Waals surface area contributed by atoms with E-state index >= 15 is 0 Å². The van der Waals surface area contributed by atoms with E-state index in [-0.39, 0.29) is 29.7 Å². The number of benzene rings is 1. The molecule has 7 heteroatoms. The van der Waals surface area contributed by atoms with Crippen LogP contribution in [0.3, 0.4) is 0 Å². The van der Waals surface area contributed by atoms with Crippen molar-refractivity contribution in [2.75, 3.05) is 18.9 Å². The van der Waals surface area contributed by atoms with Crippen molar-refractivity contribution in [2.24, 2.45) is 0 Å². The van der Waals surface area contributed by atoms with Crippen molar-refractivity contribution in [1.29, 1.82) is 5.26 Å². The maximum atomic E-state index is 12.6. The number of hydrogen-bond acceptors (Lipinski definition) is 5. The molecule has 1 aromatic rings. The molecule has 110 valence electrons. The van der Waals surface area contributed by atoms with Crippen molar-refractivity contribution in [3.05, 3.63) is 23.8 Å². The molecule has 6 nitrogen and oxygen atoms in total. The third kappa shape index (κ3) is 3.48. The molecule has 0 aliphatic rings. The van der Waals surface area contributed by atoms with Crippen LogP contribution in [0.2, 0.25) is 0 Å². The molecule has 0 saturated carbocycles. The van der Waals surface area contributed by atoms with Gasteiger partial charge in [-0.1, -0.05) is 0 Å². The summed E-state index contributed by atoms with van der Waals surface area (Å²) in [7, 11) is -3.79. The summed E-state index contributed by atoms with van der Waals surface area (Å²) in [4.78, 5) is -0.0548. The summed E-state index contributed by atoms with van der Waals surface area (Å²) in [5, 5.41) is 18.0. The minimum Gasteiger partial charge on any atom is -0.399 e. The molecule has 1 aromatic carbocycles. The highest BCUT2D eigenvalue weighted by Crippen LogP contribution is 2.23. The Morgan fingerprint density at radius 2 is 2.10 bits per heavy atom. The van der Waals surface area contributed by atoms with Crippen LogP contribution in [0.25, 0.3) is 0 Å². The fraction of sp³-hybridized carbons (Fsp3) is 0.462. The Morgan fingerprint density at radius 3 is 2.60 bits per heavy atom. The maximum absolute atomic E-state index is 12.6. The third-order valence-electron chi connectivity index (χ3n) is 2.82. The lowest BCUT2D eigenvalue weighted by Crippen LogP contribution is -2.38. The molecule has 0 amide bonds. The van der Waals surface area contributed by atoms with Crippen molar-refractivity contribution >= 4 is 15.7 Å². The van der Waals surface area contributed by atoms with Gasteiger partial charge >= 0.3 is 0 Å². The number of nitrogens with zero attached hydrogens (tertiary/aromatic N) is 2. The summed E-state index contributed by atoms with van der Waals surface area (Å²) in [5.74, 6) is 0. The van der Waals surface area contributed by atoms with Gasteiger partial charge in [-0.3, -0.25) is 0 Å². The van der Waals surface area contributed by atoms with Gasteiger partial charge in [0, 0.05) is 24.9 Å². The van der Waals surface area contributed by atoms with Crippen LogP contribution in [0.4, 0.5) is 5.69 Å². The minimum atomic E-state index is -3.79. The second kappa shape index (κ2) is 6.70. The van der Waals surface area contributed by atoms with Gasteiger partial charge < -0.3 is 10.8 Å². The van der Waals surface area contributed by atoms with E-state index in [4.69, 9.17) is 16.1 Å². The lowest BCUT2D eigenvalue weighted by molar-refractivity contribution is 0.258. The molecular weight excluding hydrogens is 278 g/mol. The summed E-state index contributed by atoms with van der Waals surface area (Å²) < 4.78 is 26.5. The first-order valence-corrected chi connectivity index (χ1v) is 7.71. The molecule has 0 aromatic heterocycles. The lowest BCUT2D eigenvalue weighted by atomic mass is 10.2. The van der Waals surface area contributed by atoms with Crippen molar-refractivity contribution in [3.8, 4) is 6.07 Å². The SMILES string of the molecule is CC(C)N(CCCO)S(=O)(=O)c1ccc(N)cc1C#N. The summed E-state index contributed by atoms with van der Waals surface area (Å²) in [6.07, 6.45) is 0.342. The number of hydrogen-bond donors (Lipinski definition) is 2. The van der Waals surface area contributed by atoms with E-state index in [1.54, 1.807) is 13.8 Å². The number of aliphatic hydroxyl groups is 1. The molecule has 20 heavy (non-hydrogen) atoms. The molecule has 0 aliphatic carbocycles. The van der Waals surface area contributed by atoms with E-state index in [2.05, 4.69) is 0 Å². The predicted octanol–water partition coefficient (Wildman–Crippen LogP) is 0.922. The zero-order chi connectivity index (χ0) is 15.3.